The average molecular weight is 355 g/mol. The third kappa shape index (κ3) is 3.74. The zero-order valence-electron chi connectivity index (χ0n) is 15.6. The SMILES string of the molecule is CCN(Cc1ccc2c(c1)OCO2)C(=O)c1ccc(N(CC)CC)nc1. The Bertz CT molecular complexity index is 757. The van der Waals surface area contributed by atoms with Crippen molar-refractivity contribution in [3.8, 4) is 11.5 Å². The molecule has 0 radical (unpaired) electrons. The fourth-order valence-electron chi connectivity index (χ4n) is 3.02. The van der Waals surface area contributed by atoms with Crippen LogP contribution in [0.3, 0.4) is 0 Å². The molecule has 0 aliphatic carbocycles. The van der Waals surface area contributed by atoms with Crippen molar-refractivity contribution in [2.24, 2.45) is 0 Å². The number of carbonyl (C=O) groups is 1. The summed E-state index contributed by atoms with van der Waals surface area (Å²) in [5, 5.41) is 0. The van der Waals surface area contributed by atoms with Gasteiger partial charge in [0.1, 0.15) is 5.82 Å². The number of nitrogens with zero attached hydrogens (tertiary/aromatic N) is 3. The monoisotopic (exact) mass is 355 g/mol. The number of fused-ring (bicyclic) bond motifs is 1. The molecule has 1 amide bonds. The van der Waals surface area contributed by atoms with Crippen molar-refractivity contribution in [2.45, 2.75) is 27.3 Å². The third-order valence-corrected chi connectivity index (χ3v) is 4.56. The quantitative estimate of drug-likeness (QED) is 0.763. The first-order valence-corrected chi connectivity index (χ1v) is 9.05. The molecule has 0 saturated carbocycles. The van der Waals surface area contributed by atoms with E-state index in [9.17, 15) is 4.79 Å². The van der Waals surface area contributed by atoms with Gasteiger partial charge < -0.3 is 19.3 Å². The van der Waals surface area contributed by atoms with E-state index in [0.29, 0.717) is 18.7 Å². The molecule has 0 spiro atoms. The maximum Gasteiger partial charge on any atom is 0.255 e. The van der Waals surface area contributed by atoms with E-state index < -0.39 is 0 Å². The molecule has 0 saturated heterocycles. The standard InChI is InChI=1S/C20H25N3O3/c1-4-22(5-2)19-10-8-16(12-21-19)20(24)23(6-3)13-15-7-9-17-18(11-15)26-14-25-17/h7-12H,4-6,13-14H2,1-3H3. The summed E-state index contributed by atoms with van der Waals surface area (Å²) in [6, 6.07) is 9.54. The number of pyridine rings is 1. The molecule has 1 aliphatic rings. The van der Waals surface area contributed by atoms with Gasteiger partial charge in [0, 0.05) is 32.4 Å². The van der Waals surface area contributed by atoms with Crippen LogP contribution >= 0.6 is 0 Å². The zero-order chi connectivity index (χ0) is 18.5. The van der Waals surface area contributed by atoms with Gasteiger partial charge in [-0.05, 0) is 50.6 Å². The molecule has 26 heavy (non-hydrogen) atoms. The van der Waals surface area contributed by atoms with Crippen LogP contribution in [0.5, 0.6) is 11.5 Å². The highest BCUT2D eigenvalue weighted by Crippen LogP contribution is 2.32. The molecular formula is C20H25N3O3. The molecule has 138 valence electrons. The molecule has 6 heteroatoms. The highest BCUT2D eigenvalue weighted by atomic mass is 16.7. The Morgan fingerprint density at radius 1 is 1.04 bits per heavy atom. The molecule has 6 nitrogen and oxygen atoms in total. The van der Waals surface area contributed by atoms with Gasteiger partial charge in [0.25, 0.3) is 5.91 Å². The first kappa shape index (κ1) is 18.0. The Hall–Kier alpha value is -2.76. The van der Waals surface area contributed by atoms with Crippen LogP contribution in [0.25, 0.3) is 0 Å². The lowest BCUT2D eigenvalue weighted by Gasteiger charge is -2.22. The summed E-state index contributed by atoms with van der Waals surface area (Å²) in [4.78, 5) is 21.3. The number of aromatic nitrogens is 1. The number of benzene rings is 1. The summed E-state index contributed by atoms with van der Waals surface area (Å²) < 4.78 is 10.8. The fourth-order valence-corrected chi connectivity index (χ4v) is 3.02. The normalized spacial score (nSPS) is 12.1. The highest BCUT2D eigenvalue weighted by molar-refractivity contribution is 5.94. The molecule has 0 bridgehead atoms. The summed E-state index contributed by atoms with van der Waals surface area (Å²) in [5.41, 5.74) is 1.61. The van der Waals surface area contributed by atoms with Crippen LogP contribution in [0.1, 0.15) is 36.7 Å². The summed E-state index contributed by atoms with van der Waals surface area (Å²) in [6.45, 7) is 9.32. The van der Waals surface area contributed by atoms with E-state index in [1.165, 1.54) is 0 Å². The molecule has 1 aliphatic heterocycles. The van der Waals surface area contributed by atoms with Gasteiger partial charge in [-0.3, -0.25) is 4.79 Å². The van der Waals surface area contributed by atoms with Gasteiger partial charge in [-0.1, -0.05) is 6.07 Å². The molecule has 0 atom stereocenters. The van der Waals surface area contributed by atoms with Crippen LogP contribution in [-0.4, -0.2) is 42.2 Å². The molecule has 0 N–H and O–H groups in total. The van der Waals surface area contributed by atoms with E-state index in [0.717, 1.165) is 36.0 Å². The molecule has 0 fully saturated rings. The maximum absolute atomic E-state index is 12.9. The largest absolute Gasteiger partial charge is 0.454 e. The Kier molecular flexibility index (Phi) is 5.61. The molecule has 2 aromatic rings. The third-order valence-electron chi connectivity index (χ3n) is 4.56. The van der Waals surface area contributed by atoms with Crippen LogP contribution in [0.15, 0.2) is 36.5 Å². The Labute approximate surface area is 154 Å². The van der Waals surface area contributed by atoms with E-state index in [1.807, 2.05) is 37.3 Å². The molecular weight excluding hydrogens is 330 g/mol. The lowest BCUT2D eigenvalue weighted by molar-refractivity contribution is 0.0752. The second-order valence-corrected chi connectivity index (χ2v) is 6.08. The number of ether oxygens (including phenoxy) is 2. The predicted molar refractivity (Wildman–Crippen MR) is 101 cm³/mol. The van der Waals surface area contributed by atoms with E-state index in [-0.39, 0.29) is 12.7 Å². The van der Waals surface area contributed by atoms with Crippen molar-refractivity contribution < 1.29 is 14.3 Å². The van der Waals surface area contributed by atoms with Crippen molar-refractivity contribution in [2.75, 3.05) is 31.3 Å². The second-order valence-electron chi connectivity index (χ2n) is 6.08. The molecule has 1 aromatic carbocycles. The highest BCUT2D eigenvalue weighted by Gasteiger charge is 2.18. The molecule has 3 rings (SSSR count). The van der Waals surface area contributed by atoms with Gasteiger partial charge in [0.2, 0.25) is 6.79 Å². The van der Waals surface area contributed by atoms with Crippen molar-refractivity contribution in [3.63, 3.8) is 0 Å². The number of carbonyl (C=O) groups excluding carboxylic acids is 1. The number of amides is 1. The van der Waals surface area contributed by atoms with E-state index >= 15 is 0 Å². The van der Waals surface area contributed by atoms with Crippen molar-refractivity contribution in [1.29, 1.82) is 0 Å². The van der Waals surface area contributed by atoms with Crippen LogP contribution in [0.2, 0.25) is 0 Å². The van der Waals surface area contributed by atoms with Crippen molar-refractivity contribution in [3.05, 3.63) is 47.7 Å². The van der Waals surface area contributed by atoms with Gasteiger partial charge >= 0.3 is 0 Å². The number of rotatable bonds is 7. The van der Waals surface area contributed by atoms with Crippen LogP contribution in [-0.2, 0) is 6.54 Å². The Morgan fingerprint density at radius 3 is 2.46 bits per heavy atom. The predicted octanol–water partition coefficient (Wildman–Crippen LogP) is 3.32. The Morgan fingerprint density at radius 2 is 1.81 bits per heavy atom. The Balaban J connectivity index is 1.72. The minimum absolute atomic E-state index is 0.0243. The first-order chi connectivity index (χ1) is 12.7. The van der Waals surface area contributed by atoms with E-state index in [2.05, 4.69) is 23.7 Å². The van der Waals surface area contributed by atoms with Gasteiger partial charge in [-0.15, -0.1) is 0 Å². The lowest BCUT2D eigenvalue weighted by atomic mass is 10.1. The number of hydrogen-bond donors (Lipinski definition) is 0. The molecule has 1 aromatic heterocycles. The minimum atomic E-state index is -0.0243. The van der Waals surface area contributed by atoms with Crippen molar-refractivity contribution in [1.82, 2.24) is 9.88 Å². The van der Waals surface area contributed by atoms with Gasteiger partial charge in [0.15, 0.2) is 11.5 Å². The maximum atomic E-state index is 12.9. The molecule has 2 heterocycles. The van der Waals surface area contributed by atoms with E-state index in [4.69, 9.17) is 9.47 Å². The number of anilines is 1. The number of hydrogen-bond acceptors (Lipinski definition) is 5. The van der Waals surface area contributed by atoms with Crippen LogP contribution in [0.4, 0.5) is 5.82 Å². The summed E-state index contributed by atoms with van der Waals surface area (Å²) >= 11 is 0. The minimum Gasteiger partial charge on any atom is -0.454 e. The van der Waals surface area contributed by atoms with Crippen LogP contribution < -0.4 is 14.4 Å². The van der Waals surface area contributed by atoms with Gasteiger partial charge in [-0.2, -0.15) is 0 Å². The van der Waals surface area contributed by atoms with Gasteiger partial charge in [-0.25, -0.2) is 4.98 Å². The smallest absolute Gasteiger partial charge is 0.255 e. The first-order valence-electron chi connectivity index (χ1n) is 9.05. The topological polar surface area (TPSA) is 54.9 Å². The zero-order valence-corrected chi connectivity index (χ0v) is 15.6. The van der Waals surface area contributed by atoms with Crippen LogP contribution in [0, 0.1) is 0 Å². The summed E-state index contributed by atoms with van der Waals surface area (Å²) in [6.07, 6.45) is 1.66. The second kappa shape index (κ2) is 8.08. The summed E-state index contributed by atoms with van der Waals surface area (Å²) in [7, 11) is 0. The summed E-state index contributed by atoms with van der Waals surface area (Å²) in [5.74, 6) is 2.35. The lowest BCUT2D eigenvalue weighted by Crippen LogP contribution is -2.30. The van der Waals surface area contributed by atoms with E-state index in [1.54, 1.807) is 11.1 Å². The van der Waals surface area contributed by atoms with Crippen molar-refractivity contribution >= 4 is 11.7 Å². The van der Waals surface area contributed by atoms with Gasteiger partial charge in [0.05, 0.1) is 5.56 Å². The average Bonchev–Trinajstić information content (AvgIpc) is 3.15. The molecule has 0 unspecified atom stereocenters. The fraction of sp³-hybridized carbons (Fsp3) is 0.400.